The molecule has 0 radical (unpaired) electrons. The summed E-state index contributed by atoms with van der Waals surface area (Å²) in [5.41, 5.74) is 1.64. The first-order valence-electron chi connectivity index (χ1n) is 5.03. The van der Waals surface area contributed by atoms with Crippen LogP contribution in [0.1, 0.15) is 23.5 Å². The number of hydrogen-bond donors (Lipinski definition) is 3. The Labute approximate surface area is 93.7 Å². The number of hydrogen-bond acceptors (Lipinski definition) is 3. The van der Waals surface area contributed by atoms with Gasteiger partial charge in [0, 0.05) is 29.1 Å². The minimum Gasteiger partial charge on any atom is -0.504 e. The summed E-state index contributed by atoms with van der Waals surface area (Å²) in [4.78, 5) is 0. The monoisotopic (exact) mass is 227 g/mol. The van der Waals surface area contributed by atoms with Crippen molar-refractivity contribution in [3.63, 3.8) is 0 Å². The molecule has 0 saturated carbocycles. The Balaban J connectivity index is 2.52. The molecule has 0 aromatic heterocycles. The first kappa shape index (κ1) is 10.6. The van der Waals surface area contributed by atoms with Crippen LogP contribution in [0.3, 0.4) is 0 Å². The summed E-state index contributed by atoms with van der Waals surface area (Å²) in [5.74, 6) is 0.0905. The number of benzene rings is 1. The lowest BCUT2D eigenvalue weighted by molar-refractivity contribution is 0.396. The first-order chi connectivity index (χ1) is 7.11. The second-order valence-electron chi connectivity index (χ2n) is 3.95. The predicted molar refractivity (Wildman–Crippen MR) is 59.7 cm³/mol. The van der Waals surface area contributed by atoms with Crippen molar-refractivity contribution < 1.29 is 10.2 Å². The van der Waals surface area contributed by atoms with Gasteiger partial charge in [0.05, 0.1) is 0 Å². The Bertz CT molecular complexity index is 360. The highest BCUT2D eigenvalue weighted by Crippen LogP contribution is 2.41. The Morgan fingerprint density at radius 1 is 1.47 bits per heavy atom. The van der Waals surface area contributed by atoms with E-state index >= 15 is 0 Å². The van der Waals surface area contributed by atoms with Crippen molar-refractivity contribution in [2.24, 2.45) is 0 Å². The van der Waals surface area contributed by atoms with Crippen LogP contribution in [0, 0.1) is 6.92 Å². The third kappa shape index (κ3) is 1.77. The van der Waals surface area contributed by atoms with E-state index in [0.29, 0.717) is 5.02 Å². The first-order valence-corrected chi connectivity index (χ1v) is 5.40. The Morgan fingerprint density at radius 3 is 2.80 bits per heavy atom. The molecule has 2 rings (SSSR count). The molecule has 1 aliphatic heterocycles. The van der Waals surface area contributed by atoms with Gasteiger partial charge in [-0.3, -0.25) is 0 Å². The predicted octanol–water partition coefficient (Wildman–Crippen LogP) is 2.14. The van der Waals surface area contributed by atoms with Crippen LogP contribution in [-0.2, 0) is 0 Å². The molecule has 0 aliphatic carbocycles. The van der Waals surface area contributed by atoms with Crippen molar-refractivity contribution in [3.8, 4) is 11.5 Å². The molecule has 0 amide bonds. The molecule has 15 heavy (non-hydrogen) atoms. The van der Waals surface area contributed by atoms with E-state index in [2.05, 4.69) is 5.32 Å². The van der Waals surface area contributed by atoms with E-state index in [1.165, 1.54) is 6.07 Å². The minimum absolute atomic E-state index is 0.0226. The maximum atomic E-state index is 9.83. The van der Waals surface area contributed by atoms with E-state index in [1.54, 1.807) is 0 Å². The number of phenolic OH excluding ortho intramolecular Hbond substituents is 2. The summed E-state index contributed by atoms with van der Waals surface area (Å²) >= 11 is 5.98. The summed E-state index contributed by atoms with van der Waals surface area (Å²) in [6.45, 7) is 3.64. The molecular weight excluding hydrogens is 214 g/mol. The minimum atomic E-state index is -0.132. The Morgan fingerprint density at radius 2 is 2.20 bits per heavy atom. The van der Waals surface area contributed by atoms with Crippen LogP contribution < -0.4 is 5.32 Å². The third-order valence-electron chi connectivity index (χ3n) is 2.99. The number of aromatic hydroxyl groups is 2. The molecule has 82 valence electrons. The molecule has 1 atom stereocenters. The maximum absolute atomic E-state index is 9.83. The summed E-state index contributed by atoms with van der Waals surface area (Å²) in [6.07, 6.45) is 0.966. The SMILES string of the molecule is Cc1c(Cl)cc(O)c(O)c1C1CCNC1. The van der Waals surface area contributed by atoms with E-state index in [0.717, 1.165) is 30.6 Å². The average Bonchev–Trinajstić information content (AvgIpc) is 2.69. The van der Waals surface area contributed by atoms with Gasteiger partial charge in [0.2, 0.25) is 0 Å². The zero-order valence-electron chi connectivity index (χ0n) is 8.55. The largest absolute Gasteiger partial charge is 0.504 e. The molecule has 1 aromatic rings. The fourth-order valence-electron chi connectivity index (χ4n) is 2.14. The lowest BCUT2D eigenvalue weighted by atomic mass is 9.93. The molecule has 1 unspecified atom stereocenters. The van der Waals surface area contributed by atoms with E-state index in [9.17, 15) is 10.2 Å². The number of halogens is 1. The van der Waals surface area contributed by atoms with Crippen molar-refractivity contribution in [1.29, 1.82) is 0 Å². The van der Waals surface area contributed by atoms with Gasteiger partial charge >= 0.3 is 0 Å². The van der Waals surface area contributed by atoms with Crippen molar-refractivity contribution in [3.05, 3.63) is 22.2 Å². The number of rotatable bonds is 1. The maximum Gasteiger partial charge on any atom is 0.161 e. The lowest BCUT2D eigenvalue weighted by Gasteiger charge is -2.16. The summed E-state index contributed by atoms with van der Waals surface area (Å²) in [7, 11) is 0. The van der Waals surface area contributed by atoms with Crippen LogP contribution in [0.4, 0.5) is 0 Å². The topological polar surface area (TPSA) is 52.5 Å². The molecule has 4 heteroatoms. The van der Waals surface area contributed by atoms with Crippen LogP contribution in [-0.4, -0.2) is 23.3 Å². The zero-order chi connectivity index (χ0) is 11.0. The van der Waals surface area contributed by atoms with E-state index < -0.39 is 0 Å². The van der Waals surface area contributed by atoms with Crippen molar-refractivity contribution in [1.82, 2.24) is 5.32 Å². The average molecular weight is 228 g/mol. The van der Waals surface area contributed by atoms with E-state index in [1.807, 2.05) is 6.92 Å². The molecule has 1 fully saturated rings. The molecule has 1 saturated heterocycles. The fraction of sp³-hybridized carbons (Fsp3) is 0.455. The molecule has 1 aliphatic rings. The number of phenols is 2. The van der Waals surface area contributed by atoms with Gasteiger partial charge in [-0.2, -0.15) is 0 Å². The van der Waals surface area contributed by atoms with Crippen LogP contribution in [0.2, 0.25) is 5.02 Å². The molecule has 1 heterocycles. The third-order valence-corrected chi connectivity index (χ3v) is 3.38. The van der Waals surface area contributed by atoms with E-state index in [-0.39, 0.29) is 17.4 Å². The van der Waals surface area contributed by atoms with Crippen LogP contribution in [0.25, 0.3) is 0 Å². The molecular formula is C11H14ClNO2. The van der Waals surface area contributed by atoms with Crippen molar-refractivity contribution in [2.45, 2.75) is 19.3 Å². The van der Waals surface area contributed by atoms with Gasteiger partial charge in [-0.25, -0.2) is 0 Å². The van der Waals surface area contributed by atoms with Gasteiger partial charge in [0.25, 0.3) is 0 Å². The number of nitrogens with one attached hydrogen (secondary N) is 1. The molecule has 1 aromatic carbocycles. The highest BCUT2D eigenvalue weighted by atomic mass is 35.5. The lowest BCUT2D eigenvalue weighted by Crippen LogP contribution is -2.09. The Hall–Kier alpha value is -0.930. The highest BCUT2D eigenvalue weighted by Gasteiger charge is 2.24. The second kappa shape index (κ2) is 3.91. The fourth-order valence-corrected chi connectivity index (χ4v) is 2.35. The van der Waals surface area contributed by atoms with Gasteiger partial charge in [-0.1, -0.05) is 11.6 Å². The highest BCUT2D eigenvalue weighted by molar-refractivity contribution is 6.31. The van der Waals surface area contributed by atoms with Gasteiger partial charge < -0.3 is 15.5 Å². The van der Waals surface area contributed by atoms with Crippen LogP contribution in [0.5, 0.6) is 11.5 Å². The van der Waals surface area contributed by atoms with Gasteiger partial charge in [0.1, 0.15) is 0 Å². The molecule has 0 spiro atoms. The van der Waals surface area contributed by atoms with Crippen LogP contribution in [0.15, 0.2) is 6.07 Å². The van der Waals surface area contributed by atoms with E-state index in [4.69, 9.17) is 11.6 Å². The normalized spacial score (nSPS) is 20.8. The Kier molecular flexibility index (Phi) is 2.76. The summed E-state index contributed by atoms with van der Waals surface area (Å²) < 4.78 is 0. The summed E-state index contributed by atoms with van der Waals surface area (Å²) in [5, 5.41) is 23.1. The standard InChI is InChI=1S/C11H14ClNO2/c1-6-8(12)4-9(14)11(15)10(6)7-2-3-13-5-7/h4,7,13-15H,2-3,5H2,1H3. The van der Waals surface area contributed by atoms with Gasteiger partial charge in [-0.05, 0) is 25.5 Å². The quantitative estimate of drug-likeness (QED) is 0.645. The summed E-state index contributed by atoms with van der Waals surface area (Å²) in [6, 6.07) is 1.39. The molecule has 3 nitrogen and oxygen atoms in total. The second-order valence-corrected chi connectivity index (χ2v) is 4.36. The molecule has 3 N–H and O–H groups in total. The van der Waals surface area contributed by atoms with Crippen molar-refractivity contribution in [2.75, 3.05) is 13.1 Å². The van der Waals surface area contributed by atoms with Crippen LogP contribution >= 0.6 is 11.6 Å². The van der Waals surface area contributed by atoms with Gasteiger partial charge in [-0.15, -0.1) is 0 Å². The molecule has 0 bridgehead atoms. The van der Waals surface area contributed by atoms with Crippen molar-refractivity contribution >= 4 is 11.6 Å². The zero-order valence-corrected chi connectivity index (χ0v) is 9.30. The van der Waals surface area contributed by atoms with Gasteiger partial charge in [0.15, 0.2) is 11.5 Å². The smallest absolute Gasteiger partial charge is 0.161 e.